The fraction of sp³-hybridized carbons (Fsp3) is 0. The summed E-state index contributed by atoms with van der Waals surface area (Å²) in [6.45, 7) is 0. The largest absolute Gasteiger partial charge is 0.353 e. The molecule has 2 nitrogen and oxygen atoms in total. The van der Waals surface area contributed by atoms with Gasteiger partial charge in [0.25, 0.3) is 5.95 Å². The van der Waals surface area contributed by atoms with Crippen LogP contribution in [0.15, 0.2) is 0 Å². The summed E-state index contributed by atoms with van der Waals surface area (Å²) >= 11 is 0. The summed E-state index contributed by atoms with van der Waals surface area (Å²) in [5.41, 5.74) is -1.71. The minimum Gasteiger partial charge on any atom is -0.253 e. The van der Waals surface area contributed by atoms with Crippen molar-refractivity contribution in [1.29, 1.82) is 0 Å². The van der Waals surface area contributed by atoms with Crippen LogP contribution < -0.4 is 0 Å². The van der Waals surface area contributed by atoms with Crippen LogP contribution in [0.3, 0.4) is 0 Å². The summed E-state index contributed by atoms with van der Waals surface area (Å²) in [6, 6.07) is -2.48. The van der Waals surface area contributed by atoms with Gasteiger partial charge in [0, 0.05) is 0 Å². The molecule has 0 unspecified atom stereocenters. The monoisotopic (exact) mass is 197 g/mol. The smallest absolute Gasteiger partial charge is 0.253 e. The third kappa shape index (κ3) is 1.49. The topological polar surface area (TPSA) is 30.0 Å². The van der Waals surface area contributed by atoms with Crippen molar-refractivity contribution in [2.45, 2.75) is 0 Å². The molecule has 0 N–H and O–H groups in total. The van der Waals surface area contributed by atoms with Gasteiger partial charge in [0.2, 0.25) is 11.6 Å². The Balaban J connectivity index is 3.50. The van der Waals surface area contributed by atoms with E-state index < -0.39 is 35.1 Å². The lowest BCUT2D eigenvalue weighted by atomic mass is 10.3. The Labute approximate surface area is 68.0 Å². The molecular weight excluding hydrogens is 197 g/mol. The van der Waals surface area contributed by atoms with Gasteiger partial charge in [-0.05, 0) is 0 Å². The van der Waals surface area contributed by atoms with Gasteiger partial charge in [-0.25, -0.2) is 13.8 Å². The lowest BCUT2D eigenvalue weighted by Crippen LogP contribution is -2.08. The molecule has 0 fully saturated rings. The molecule has 0 aromatic carbocycles. The minimum absolute atomic E-state index is 1.71. The van der Waals surface area contributed by atoms with Gasteiger partial charge in [-0.3, -0.25) is 4.79 Å². The quantitative estimate of drug-likeness (QED) is 0.390. The van der Waals surface area contributed by atoms with E-state index in [1.54, 1.807) is 0 Å². The lowest BCUT2D eigenvalue weighted by molar-refractivity contribution is 0.0821. The van der Waals surface area contributed by atoms with Crippen LogP contribution in [0.2, 0.25) is 0 Å². The van der Waals surface area contributed by atoms with Crippen LogP contribution in [0, 0.1) is 23.4 Å². The van der Waals surface area contributed by atoms with Gasteiger partial charge in [-0.15, -0.1) is 0 Å². The SMILES string of the molecule is O=C(F)c1nc(F)c(F)c(F)c1F. The van der Waals surface area contributed by atoms with Crippen molar-refractivity contribution in [3.05, 3.63) is 29.1 Å². The van der Waals surface area contributed by atoms with Gasteiger partial charge in [-0.1, -0.05) is 0 Å². The second kappa shape index (κ2) is 3.08. The van der Waals surface area contributed by atoms with Crippen molar-refractivity contribution in [1.82, 2.24) is 4.98 Å². The fourth-order valence-corrected chi connectivity index (χ4v) is 0.617. The van der Waals surface area contributed by atoms with E-state index in [9.17, 15) is 26.7 Å². The predicted molar refractivity (Wildman–Crippen MR) is 29.5 cm³/mol. The zero-order valence-electron chi connectivity index (χ0n) is 5.75. The zero-order valence-corrected chi connectivity index (χ0v) is 5.75. The van der Waals surface area contributed by atoms with Crippen molar-refractivity contribution in [3.63, 3.8) is 0 Å². The van der Waals surface area contributed by atoms with E-state index in [1.807, 2.05) is 0 Å². The molecular formula is C6F5NO. The van der Waals surface area contributed by atoms with Crippen LogP contribution in [-0.2, 0) is 0 Å². The van der Waals surface area contributed by atoms with E-state index in [-0.39, 0.29) is 0 Å². The average Bonchev–Trinajstić information content (AvgIpc) is 2.07. The Morgan fingerprint density at radius 1 is 1.00 bits per heavy atom. The maximum atomic E-state index is 12.4. The third-order valence-corrected chi connectivity index (χ3v) is 1.17. The molecule has 13 heavy (non-hydrogen) atoms. The molecule has 0 bridgehead atoms. The first-order chi connectivity index (χ1) is 5.95. The normalized spacial score (nSPS) is 10.2. The fourth-order valence-electron chi connectivity index (χ4n) is 0.617. The first-order valence-electron chi connectivity index (χ1n) is 2.85. The van der Waals surface area contributed by atoms with Gasteiger partial charge in [0.1, 0.15) is 0 Å². The van der Waals surface area contributed by atoms with Crippen LogP contribution >= 0.6 is 0 Å². The Morgan fingerprint density at radius 2 is 1.54 bits per heavy atom. The van der Waals surface area contributed by atoms with Crippen LogP contribution in [-0.4, -0.2) is 11.0 Å². The van der Waals surface area contributed by atoms with Crippen molar-refractivity contribution in [2.24, 2.45) is 0 Å². The molecule has 0 aliphatic rings. The standard InChI is InChI=1S/C6F5NO/c7-1-2(8)4(6(11)13)12-5(10)3(1)9. The number of carbonyl (C=O) groups is 1. The molecule has 1 aromatic rings. The van der Waals surface area contributed by atoms with E-state index >= 15 is 0 Å². The number of halogens is 5. The average molecular weight is 197 g/mol. The van der Waals surface area contributed by atoms with E-state index in [1.165, 1.54) is 0 Å². The molecule has 1 rings (SSSR count). The molecule has 0 saturated carbocycles. The highest BCUT2D eigenvalue weighted by atomic mass is 19.2. The first-order valence-corrected chi connectivity index (χ1v) is 2.85. The Kier molecular flexibility index (Phi) is 2.26. The molecule has 0 spiro atoms. The first kappa shape index (κ1) is 9.56. The molecule has 70 valence electrons. The number of hydrogen-bond acceptors (Lipinski definition) is 2. The van der Waals surface area contributed by atoms with E-state index in [4.69, 9.17) is 0 Å². The molecule has 0 saturated heterocycles. The molecule has 1 aromatic heterocycles. The highest BCUT2D eigenvalue weighted by Crippen LogP contribution is 2.15. The van der Waals surface area contributed by atoms with E-state index in [0.717, 1.165) is 0 Å². The van der Waals surface area contributed by atoms with Gasteiger partial charge in [-0.2, -0.15) is 13.2 Å². The van der Waals surface area contributed by atoms with E-state index in [2.05, 4.69) is 4.98 Å². The number of pyridine rings is 1. The molecule has 7 heteroatoms. The van der Waals surface area contributed by atoms with E-state index in [0.29, 0.717) is 0 Å². The number of aromatic nitrogens is 1. The maximum Gasteiger partial charge on any atom is 0.353 e. The van der Waals surface area contributed by atoms with Crippen LogP contribution in [0.25, 0.3) is 0 Å². The number of hydrogen-bond donors (Lipinski definition) is 0. The number of carbonyl (C=O) groups excluding carboxylic acids is 1. The predicted octanol–water partition coefficient (Wildman–Crippen LogP) is 1.75. The molecule has 0 amide bonds. The van der Waals surface area contributed by atoms with Gasteiger partial charge >= 0.3 is 6.04 Å². The molecule has 0 aliphatic carbocycles. The lowest BCUT2D eigenvalue weighted by Gasteiger charge is -1.98. The summed E-state index contributed by atoms with van der Waals surface area (Å²) in [5, 5.41) is 0. The highest BCUT2D eigenvalue weighted by molar-refractivity contribution is 5.86. The van der Waals surface area contributed by atoms with Crippen LogP contribution in [0.5, 0.6) is 0 Å². The second-order valence-corrected chi connectivity index (χ2v) is 1.97. The highest BCUT2D eigenvalue weighted by Gasteiger charge is 2.24. The summed E-state index contributed by atoms with van der Waals surface area (Å²) < 4.78 is 60.8. The summed E-state index contributed by atoms with van der Waals surface area (Å²) in [7, 11) is 0. The third-order valence-electron chi connectivity index (χ3n) is 1.17. The second-order valence-electron chi connectivity index (χ2n) is 1.97. The molecule has 0 radical (unpaired) electrons. The summed E-state index contributed by atoms with van der Waals surface area (Å²) in [5.74, 6) is -8.68. The van der Waals surface area contributed by atoms with Crippen molar-refractivity contribution in [2.75, 3.05) is 0 Å². The van der Waals surface area contributed by atoms with Crippen molar-refractivity contribution >= 4 is 6.04 Å². The van der Waals surface area contributed by atoms with Gasteiger partial charge in [0.15, 0.2) is 11.5 Å². The Bertz CT molecular complexity index is 378. The molecule has 0 aliphatic heterocycles. The van der Waals surface area contributed by atoms with Crippen molar-refractivity contribution < 1.29 is 26.7 Å². The zero-order chi connectivity index (χ0) is 10.2. The maximum absolute atomic E-state index is 12.4. The van der Waals surface area contributed by atoms with Gasteiger partial charge < -0.3 is 0 Å². The van der Waals surface area contributed by atoms with Crippen LogP contribution in [0.4, 0.5) is 22.0 Å². The molecule has 1 heterocycles. The summed E-state index contributed by atoms with van der Waals surface area (Å²) in [6.07, 6.45) is 0. The summed E-state index contributed by atoms with van der Waals surface area (Å²) in [4.78, 5) is 12.1. The number of rotatable bonds is 1. The Hall–Kier alpha value is -1.53. The minimum atomic E-state index is -2.48. The van der Waals surface area contributed by atoms with Crippen LogP contribution in [0.1, 0.15) is 10.5 Å². The number of nitrogens with zero attached hydrogens (tertiary/aromatic N) is 1. The Morgan fingerprint density at radius 3 is 2.00 bits per heavy atom. The molecule has 0 atom stereocenters. The van der Waals surface area contributed by atoms with Gasteiger partial charge in [0.05, 0.1) is 0 Å². The van der Waals surface area contributed by atoms with Crippen molar-refractivity contribution in [3.8, 4) is 0 Å².